The molecule has 260 valence electrons. The molecule has 0 unspecified atom stereocenters. The molecule has 0 spiro atoms. The molecule has 48 heavy (non-hydrogen) atoms. The molecule has 2 aliphatic heterocycles. The highest BCUT2D eigenvalue weighted by atomic mass is 32.2. The van der Waals surface area contributed by atoms with Gasteiger partial charge >= 0.3 is 16.3 Å². The number of hydrogen-bond acceptors (Lipinski definition) is 7. The van der Waals surface area contributed by atoms with Gasteiger partial charge in [0.15, 0.2) is 0 Å². The number of carbonyl (C=O) groups is 4. The summed E-state index contributed by atoms with van der Waals surface area (Å²) in [7, 11) is -4.24. The van der Waals surface area contributed by atoms with E-state index in [1.54, 1.807) is 20.8 Å². The van der Waals surface area contributed by atoms with E-state index in [1.165, 1.54) is 4.90 Å². The molecule has 13 heteroatoms. The van der Waals surface area contributed by atoms with Crippen LogP contribution in [0.15, 0.2) is 54.6 Å². The second kappa shape index (κ2) is 14.7. The summed E-state index contributed by atoms with van der Waals surface area (Å²) in [5, 5.41) is 7.69. The summed E-state index contributed by atoms with van der Waals surface area (Å²) in [6, 6.07) is 12.1. The van der Waals surface area contributed by atoms with Crippen molar-refractivity contribution in [2.24, 2.45) is 5.92 Å². The zero-order valence-corrected chi connectivity index (χ0v) is 28.7. The number of rotatable bonds is 7. The van der Waals surface area contributed by atoms with Crippen LogP contribution in [0, 0.1) is 5.92 Å². The zero-order valence-electron chi connectivity index (χ0n) is 27.9. The molecular formula is C35H47N5O7S. The van der Waals surface area contributed by atoms with Gasteiger partial charge in [-0.2, -0.15) is 13.1 Å². The molecule has 0 radical (unpaired) electrons. The van der Waals surface area contributed by atoms with Crippen molar-refractivity contribution in [3.63, 3.8) is 0 Å². The van der Waals surface area contributed by atoms with E-state index in [0.717, 1.165) is 29.2 Å². The summed E-state index contributed by atoms with van der Waals surface area (Å²) < 4.78 is 36.0. The molecular weight excluding hydrogens is 634 g/mol. The van der Waals surface area contributed by atoms with Gasteiger partial charge in [-0.05, 0) is 82.1 Å². The lowest BCUT2D eigenvalue weighted by Crippen LogP contribution is -2.59. The highest BCUT2D eigenvalue weighted by Gasteiger charge is 2.61. The van der Waals surface area contributed by atoms with Crippen molar-refractivity contribution in [3.05, 3.63) is 60.2 Å². The highest BCUT2D eigenvalue weighted by molar-refractivity contribution is 7.88. The Morgan fingerprint density at radius 2 is 1.79 bits per heavy atom. The SMILES string of the molecule is CC(C)(C)OC(=O)N[C@H]1CCCCC/C=C\[C@@H]2C[C@@]2(C(=O)NS(=O)(=O)NCCc2ccc3ccccc3c2)NC(=O)[C@@H]2CCCN2C1=O. The fraction of sp³-hybridized carbons (Fsp3) is 0.543. The summed E-state index contributed by atoms with van der Waals surface area (Å²) in [5.41, 5.74) is -1.26. The monoisotopic (exact) mass is 681 g/mol. The van der Waals surface area contributed by atoms with E-state index < -0.39 is 57.3 Å². The predicted octanol–water partition coefficient (Wildman–Crippen LogP) is 3.61. The highest BCUT2D eigenvalue weighted by Crippen LogP contribution is 2.45. The van der Waals surface area contributed by atoms with Gasteiger partial charge in [-0.3, -0.25) is 14.4 Å². The van der Waals surface area contributed by atoms with Crippen LogP contribution in [-0.2, 0) is 35.8 Å². The van der Waals surface area contributed by atoms with Gasteiger partial charge < -0.3 is 20.3 Å². The smallest absolute Gasteiger partial charge is 0.408 e. The molecule has 2 heterocycles. The number of ether oxygens (including phenoxy) is 1. The molecule has 2 aromatic rings. The van der Waals surface area contributed by atoms with E-state index in [0.29, 0.717) is 45.1 Å². The fourth-order valence-corrected chi connectivity index (χ4v) is 7.39. The van der Waals surface area contributed by atoms with Crippen molar-refractivity contribution in [2.75, 3.05) is 13.1 Å². The molecule has 1 aliphatic carbocycles. The number of hydrogen-bond donors (Lipinski definition) is 4. The van der Waals surface area contributed by atoms with Gasteiger partial charge in [0.05, 0.1) is 0 Å². The number of fused-ring (bicyclic) bond motifs is 3. The van der Waals surface area contributed by atoms with E-state index in [9.17, 15) is 27.6 Å². The summed E-state index contributed by atoms with van der Waals surface area (Å²) in [4.78, 5) is 55.2. The van der Waals surface area contributed by atoms with Crippen molar-refractivity contribution in [3.8, 4) is 0 Å². The Labute approximate surface area is 282 Å². The Bertz CT molecular complexity index is 1670. The van der Waals surface area contributed by atoms with Crippen LogP contribution in [-0.4, -0.2) is 73.4 Å². The summed E-state index contributed by atoms with van der Waals surface area (Å²) in [5.74, 6) is -2.13. The van der Waals surface area contributed by atoms with E-state index in [-0.39, 0.29) is 18.9 Å². The van der Waals surface area contributed by atoms with Crippen molar-refractivity contribution in [1.29, 1.82) is 0 Å². The summed E-state index contributed by atoms with van der Waals surface area (Å²) in [6.07, 6.45) is 8.14. The average molecular weight is 682 g/mol. The van der Waals surface area contributed by atoms with Crippen LogP contribution in [0.1, 0.15) is 77.7 Å². The van der Waals surface area contributed by atoms with Gasteiger partial charge in [-0.15, -0.1) is 0 Å². The first-order chi connectivity index (χ1) is 22.8. The average Bonchev–Trinajstić information content (AvgIpc) is 3.47. The standard InChI is InChI=1S/C35H47N5O7S/c1-34(2,3)47-33(44)37-28-15-8-6-4-5-7-14-27-23-35(27,38-30(41)29-16-11-21-40(29)31(28)42)32(43)39-48(45,46)36-20-19-24-17-18-25-12-9-10-13-26(25)22-24/h7,9-10,12-14,17-18,22,27-29,36H,4-6,8,11,15-16,19-21,23H2,1-3H3,(H,37,44)(H,38,41)(H,39,43)/b14-7-/t27-,28+,29+,35-/m1/s1. The minimum Gasteiger partial charge on any atom is -0.444 e. The van der Waals surface area contributed by atoms with E-state index in [1.807, 2.05) is 54.6 Å². The number of amides is 4. The van der Waals surface area contributed by atoms with Gasteiger partial charge in [0.2, 0.25) is 11.8 Å². The summed E-state index contributed by atoms with van der Waals surface area (Å²) in [6.45, 7) is 5.61. The van der Waals surface area contributed by atoms with Crippen LogP contribution >= 0.6 is 0 Å². The lowest BCUT2D eigenvalue weighted by molar-refractivity contribution is -0.141. The first-order valence-electron chi connectivity index (χ1n) is 16.8. The molecule has 0 bridgehead atoms. The molecule has 3 aliphatic rings. The molecule has 1 saturated carbocycles. The molecule has 0 aromatic heterocycles. The van der Waals surface area contributed by atoms with E-state index >= 15 is 0 Å². The molecule has 5 rings (SSSR count). The minimum atomic E-state index is -4.24. The second-order valence-corrected chi connectivity index (χ2v) is 15.5. The van der Waals surface area contributed by atoms with Gasteiger partial charge in [0.1, 0.15) is 23.2 Å². The molecule has 12 nitrogen and oxygen atoms in total. The molecule has 2 fully saturated rings. The first kappa shape index (κ1) is 35.3. The van der Waals surface area contributed by atoms with Crippen molar-refractivity contribution in [1.82, 2.24) is 25.0 Å². The van der Waals surface area contributed by atoms with Gasteiger partial charge in [0.25, 0.3) is 5.91 Å². The lowest BCUT2D eigenvalue weighted by Gasteiger charge is -2.30. The first-order valence-corrected chi connectivity index (χ1v) is 18.3. The molecule has 4 atom stereocenters. The van der Waals surface area contributed by atoms with Gasteiger partial charge in [0, 0.05) is 19.0 Å². The number of alkyl carbamates (subject to hydrolysis) is 1. The Morgan fingerprint density at radius 3 is 2.56 bits per heavy atom. The largest absolute Gasteiger partial charge is 0.444 e. The van der Waals surface area contributed by atoms with E-state index in [2.05, 4.69) is 20.1 Å². The minimum absolute atomic E-state index is 0.0707. The maximum Gasteiger partial charge on any atom is 0.408 e. The third-order valence-electron chi connectivity index (χ3n) is 9.07. The molecule has 4 N–H and O–H groups in total. The Hall–Kier alpha value is -3.97. The van der Waals surface area contributed by atoms with Crippen LogP contribution in [0.3, 0.4) is 0 Å². The number of benzene rings is 2. The topological polar surface area (TPSA) is 163 Å². The van der Waals surface area contributed by atoms with Gasteiger partial charge in [-0.1, -0.05) is 67.5 Å². The summed E-state index contributed by atoms with van der Waals surface area (Å²) >= 11 is 0. The van der Waals surface area contributed by atoms with Crippen LogP contribution < -0.4 is 20.1 Å². The number of carbonyl (C=O) groups excluding carboxylic acids is 4. The lowest BCUT2D eigenvalue weighted by atomic mass is 10.0. The maximum atomic E-state index is 13.8. The Morgan fingerprint density at radius 1 is 1.02 bits per heavy atom. The molecule has 2 aromatic carbocycles. The second-order valence-electron chi connectivity index (χ2n) is 14.0. The predicted molar refractivity (Wildman–Crippen MR) is 182 cm³/mol. The maximum absolute atomic E-state index is 13.8. The van der Waals surface area contributed by atoms with Crippen LogP contribution in [0.4, 0.5) is 4.79 Å². The van der Waals surface area contributed by atoms with Crippen molar-refractivity contribution in [2.45, 2.75) is 102 Å². The Kier molecular flexibility index (Phi) is 10.8. The number of nitrogens with one attached hydrogen (secondary N) is 4. The van der Waals surface area contributed by atoms with Crippen molar-refractivity contribution >= 4 is 44.8 Å². The van der Waals surface area contributed by atoms with Crippen LogP contribution in [0.2, 0.25) is 0 Å². The number of nitrogens with zero attached hydrogens (tertiary/aromatic N) is 1. The normalized spacial score (nSPS) is 25.9. The molecule has 4 amide bonds. The van der Waals surface area contributed by atoms with Gasteiger partial charge in [-0.25, -0.2) is 9.52 Å². The molecule has 1 saturated heterocycles. The third kappa shape index (κ3) is 8.93. The van der Waals surface area contributed by atoms with E-state index in [4.69, 9.17) is 4.74 Å². The Balaban J connectivity index is 1.26. The third-order valence-corrected chi connectivity index (χ3v) is 10.1. The van der Waals surface area contributed by atoms with Crippen LogP contribution in [0.25, 0.3) is 10.8 Å². The number of allylic oxidation sites excluding steroid dienone is 1. The fourth-order valence-electron chi connectivity index (χ4n) is 6.52. The van der Waals surface area contributed by atoms with Crippen LogP contribution in [0.5, 0.6) is 0 Å². The van der Waals surface area contributed by atoms with Crippen molar-refractivity contribution < 1.29 is 32.3 Å². The zero-order chi connectivity index (χ0) is 34.5. The quantitative estimate of drug-likeness (QED) is 0.325.